The van der Waals surface area contributed by atoms with Crippen LogP contribution in [0.3, 0.4) is 0 Å². The predicted molar refractivity (Wildman–Crippen MR) is 93.2 cm³/mol. The zero-order valence-electron chi connectivity index (χ0n) is 13.4. The van der Waals surface area contributed by atoms with Gasteiger partial charge in [-0.2, -0.15) is 0 Å². The monoisotopic (exact) mass is 342 g/mol. The molecule has 4 atom stereocenters. The number of fused-ring (bicyclic) bond motifs is 2. The number of halogens is 1. The molecule has 1 aromatic heterocycles. The van der Waals surface area contributed by atoms with Crippen molar-refractivity contribution in [3.63, 3.8) is 0 Å². The van der Waals surface area contributed by atoms with Crippen molar-refractivity contribution in [2.45, 2.75) is 37.9 Å². The highest BCUT2D eigenvalue weighted by Crippen LogP contribution is 2.49. The number of nitrogens with one attached hydrogen (secondary N) is 1. The molecule has 4 nitrogen and oxygen atoms in total. The lowest BCUT2D eigenvalue weighted by Gasteiger charge is -2.27. The van der Waals surface area contributed by atoms with Gasteiger partial charge in [-0.3, -0.25) is 9.78 Å². The standard InChI is InChI=1S/C19H19ClN2O2/c1-11-10-13(2-3-14(11)20)22-19(23)18-16-5-4-15(24-16)17(18)12-6-8-21-9-7-12/h2-3,6-10,15-18H,4-5H2,1H3,(H,22,23)/t15-,16+,17-,18-/m0/s1. The molecule has 1 N–H and O–H groups in total. The average molecular weight is 343 g/mol. The normalized spacial score (nSPS) is 28.1. The van der Waals surface area contributed by atoms with Crippen LogP contribution in [0, 0.1) is 12.8 Å². The summed E-state index contributed by atoms with van der Waals surface area (Å²) in [7, 11) is 0. The van der Waals surface area contributed by atoms with Crippen LogP contribution in [0.5, 0.6) is 0 Å². The van der Waals surface area contributed by atoms with E-state index >= 15 is 0 Å². The second kappa shape index (κ2) is 6.19. The van der Waals surface area contributed by atoms with Crippen LogP contribution in [-0.2, 0) is 9.53 Å². The van der Waals surface area contributed by atoms with Crippen molar-refractivity contribution in [2.24, 2.45) is 5.92 Å². The van der Waals surface area contributed by atoms with Crippen LogP contribution in [-0.4, -0.2) is 23.1 Å². The molecule has 0 aliphatic carbocycles. The molecule has 2 aromatic rings. The zero-order chi connectivity index (χ0) is 16.7. The fourth-order valence-electron chi connectivity index (χ4n) is 3.97. The average Bonchev–Trinajstić information content (AvgIpc) is 3.20. The van der Waals surface area contributed by atoms with Crippen molar-refractivity contribution in [3.05, 3.63) is 58.9 Å². The number of ether oxygens (including phenoxy) is 1. The third-order valence-electron chi connectivity index (χ3n) is 5.09. The molecule has 4 rings (SSSR count). The molecular weight excluding hydrogens is 324 g/mol. The lowest BCUT2D eigenvalue weighted by molar-refractivity contribution is -0.121. The second-order valence-corrected chi connectivity index (χ2v) is 6.98. The highest BCUT2D eigenvalue weighted by molar-refractivity contribution is 6.31. The van der Waals surface area contributed by atoms with Crippen LogP contribution < -0.4 is 5.32 Å². The van der Waals surface area contributed by atoms with E-state index in [1.807, 2.05) is 37.3 Å². The summed E-state index contributed by atoms with van der Waals surface area (Å²) in [6, 6.07) is 9.52. The van der Waals surface area contributed by atoms with Gasteiger partial charge in [-0.05, 0) is 61.2 Å². The van der Waals surface area contributed by atoms with Gasteiger partial charge in [0.15, 0.2) is 0 Å². The summed E-state index contributed by atoms with van der Waals surface area (Å²) in [6.07, 6.45) is 5.64. The van der Waals surface area contributed by atoms with E-state index in [1.54, 1.807) is 12.4 Å². The van der Waals surface area contributed by atoms with E-state index in [9.17, 15) is 4.79 Å². The Morgan fingerprint density at radius 1 is 1.21 bits per heavy atom. The van der Waals surface area contributed by atoms with E-state index in [1.165, 1.54) is 0 Å². The maximum absolute atomic E-state index is 12.9. The largest absolute Gasteiger partial charge is 0.373 e. The highest BCUT2D eigenvalue weighted by Gasteiger charge is 2.52. The third-order valence-corrected chi connectivity index (χ3v) is 5.52. The molecule has 2 fully saturated rings. The Hall–Kier alpha value is -1.91. The van der Waals surface area contributed by atoms with Crippen molar-refractivity contribution in [2.75, 3.05) is 5.32 Å². The van der Waals surface area contributed by atoms with Gasteiger partial charge in [-0.1, -0.05) is 11.6 Å². The second-order valence-electron chi connectivity index (χ2n) is 6.58. The van der Waals surface area contributed by atoms with Crippen molar-refractivity contribution >= 4 is 23.2 Å². The molecule has 0 saturated carbocycles. The van der Waals surface area contributed by atoms with Crippen LogP contribution >= 0.6 is 11.6 Å². The number of rotatable bonds is 3. The number of nitrogens with zero attached hydrogens (tertiary/aromatic N) is 1. The Bertz CT molecular complexity index is 765. The SMILES string of the molecule is Cc1cc(NC(=O)[C@@H]2[C@@H](c3ccncc3)[C@@H]3CC[C@H]2O3)ccc1Cl. The Balaban J connectivity index is 1.59. The fourth-order valence-corrected chi connectivity index (χ4v) is 4.09. The molecule has 0 spiro atoms. The maximum Gasteiger partial charge on any atom is 0.230 e. The Labute approximate surface area is 146 Å². The van der Waals surface area contributed by atoms with Crippen LogP contribution in [0.25, 0.3) is 0 Å². The van der Waals surface area contributed by atoms with E-state index in [4.69, 9.17) is 16.3 Å². The zero-order valence-corrected chi connectivity index (χ0v) is 14.2. The Kier molecular flexibility index (Phi) is 4.02. The van der Waals surface area contributed by atoms with Crippen molar-refractivity contribution in [1.29, 1.82) is 0 Å². The number of pyridine rings is 1. The summed E-state index contributed by atoms with van der Waals surface area (Å²) in [5, 5.41) is 3.74. The van der Waals surface area contributed by atoms with Gasteiger partial charge in [0, 0.05) is 29.0 Å². The van der Waals surface area contributed by atoms with E-state index in [-0.39, 0.29) is 30.0 Å². The van der Waals surface area contributed by atoms with E-state index < -0.39 is 0 Å². The van der Waals surface area contributed by atoms with E-state index in [2.05, 4.69) is 10.3 Å². The summed E-state index contributed by atoms with van der Waals surface area (Å²) < 4.78 is 6.05. The number of aryl methyl sites for hydroxylation is 1. The molecule has 24 heavy (non-hydrogen) atoms. The van der Waals surface area contributed by atoms with Crippen LogP contribution in [0.2, 0.25) is 5.02 Å². The number of hydrogen-bond donors (Lipinski definition) is 1. The van der Waals surface area contributed by atoms with Gasteiger partial charge in [0.25, 0.3) is 0 Å². The summed E-state index contributed by atoms with van der Waals surface area (Å²) >= 11 is 6.06. The Morgan fingerprint density at radius 2 is 1.96 bits per heavy atom. The summed E-state index contributed by atoms with van der Waals surface area (Å²) in [5.41, 5.74) is 2.85. The first-order valence-corrected chi connectivity index (χ1v) is 8.63. The molecule has 3 heterocycles. The van der Waals surface area contributed by atoms with Crippen LogP contribution in [0.1, 0.15) is 29.9 Å². The van der Waals surface area contributed by atoms with Gasteiger partial charge in [-0.25, -0.2) is 0 Å². The molecule has 2 saturated heterocycles. The van der Waals surface area contributed by atoms with Crippen molar-refractivity contribution in [1.82, 2.24) is 4.98 Å². The maximum atomic E-state index is 12.9. The molecule has 124 valence electrons. The topological polar surface area (TPSA) is 51.2 Å². The number of aromatic nitrogens is 1. The smallest absolute Gasteiger partial charge is 0.230 e. The van der Waals surface area contributed by atoms with Crippen molar-refractivity contribution < 1.29 is 9.53 Å². The molecule has 0 unspecified atom stereocenters. The molecule has 2 aliphatic rings. The summed E-state index contributed by atoms with van der Waals surface area (Å²) in [5.74, 6) is -0.0481. The van der Waals surface area contributed by atoms with Gasteiger partial charge >= 0.3 is 0 Å². The molecule has 1 amide bonds. The van der Waals surface area contributed by atoms with E-state index in [0.717, 1.165) is 29.7 Å². The fraction of sp³-hybridized carbons (Fsp3) is 0.368. The van der Waals surface area contributed by atoms with Gasteiger partial charge in [0.05, 0.1) is 18.1 Å². The minimum Gasteiger partial charge on any atom is -0.373 e. The van der Waals surface area contributed by atoms with Gasteiger partial charge < -0.3 is 10.1 Å². The number of hydrogen-bond acceptors (Lipinski definition) is 3. The minimum atomic E-state index is -0.165. The van der Waals surface area contributed by atoms with Gasteiger partial charge in [-0.15, -0.1) is 0 Å². The van der Waals surface area contributed by atoms with Gasteiger partial charge in [0.1, 0.15) is 0 Å². The highest BCUT2D eigenvalue weighted by atomic mass is 35.5. The Morgan fingerprint density at radius 3 is 2.71 bits per heavy atom. The lowest BCUT2D eigenvalue weighted by atomic mass is 9.75. The quantitative estimate of drug-likeness (QED) is 0.919. The minimum absolute atomic E-state index is 0.00145. The van der Waals surface area contributed by atoms with Crippen LogP contribution in [0.4, 0.5) is 5.69 Å². The molecular formula is C19H19ClN2O2. The molecule has 5 heteroatoms. The molecule has 0 radical (unpaired) electrons. The van der Waals surface area contributed by atoms with E-state index in [0.29, 0.717) is 5.02 Å². The van der Waals surface area contributed by atoms with Gasteiger partial charge in [0.2, 0.25) is 5.91 Å². The van der Waals surface area contributed by atoms with Crippen LogP contribution in [0.15, 0.2) is 42.7 Å². The summed E-state index contributed by atoms with van der Waals surface area (Å²) in [4.78, 5) is 17.0. The first kappa shape index (κ1) is 15.6. The summed E-state index contributed by atoms with van der Waals surface area (Å²) in [6.45, 7) is 1.93. The molecule has 2 bridgehead atoms. The molecule has 1 aromatic carbocycles. The number of anilines is 1. The first-order chi connectivity index (χ1) is 11.6. The third kappa shape index (κ3) is 2.70. The lowest BCUT2D eigenvalue weighted by Crippen LogP contribution is -2.36. The number of benzene rings is 1. The first-order valence-electron chi connectivity index (χ1n) is 8.26. The number of carbonyl (C=O) groups excluding carboxylic acids is 1. The van der Waals surface area contributed by atoms with Crippen molar-refractivity contribution in [3.8, 4) is 0 Å². The molecule has 2 aliphatic heterocycles. The predicted octanol–water partition coefficient (Wildman–Crippen LogP) is 3.94. The number of carbonyl (C=O) groups is 1. The number of amides is 1.